The largest absolute Gasteiger partial charge is 0.207 e. The van der Waals surface area contributed by atoms with Gasteiger partial charge < -0.3 is 0 Å². The molecule has 0 amide bonds. The van der Waals surface area contributed by atoms with Crippen LogP contribution in [-0.2, 0) is 11.8 Å². The Morgan fingerprint density at radius 2 is 1.83 bits per heavy atom. The summed E-state index contributed by atoms with van der Waals surface area (Å²) in [7, 11) is 0. The summed E-state index contributed by atoms with van der Waals surface area (Å²) in [4.78, 5) is 0. The summed E-state index contributed by atoms with van der Waals surface area (Å²) in [5.41, 5.74) is 6.06. The first-order valence-electron chi connectivity index (χ1n) is 7.92. The van der Waals surface area contributed by atoms with Crippen LogP contribution < -0.4 is 0 Å². The van der Waals surface area contributed by atoms with Crippen LogP contribution in [0.3, 0.4) is 0 Å². The second-order valence-corrected chi connectivity index (χ2v) is 7.18. The molecule has 0 heterocycles. The lowest BCUT2D eigenvalue weighted by Gasteiger charge is -2.21. The van der Waals surface area contributed by atoms with Gasteiger partial charge >= 0.3 is 0 Å². The minimum absolute atomic E-state index is 0.0471. The van der Waals surface area contributed by atoms with Crippen LogP contribution in [0.15, 0.2) is 49.6 Å². The number of benzene rings is 2. The Hall–Kier alpha value is -2.15. The molecule has 1 heteroatoms. The molecule has 2 aromatic carbocycles. The van der Waals surface area contributed by atoms with Gasteiger partial charge in [0.2, 0.25) is 0 Å². The molecule has 0 aliphatic rings. The quantitative estimate of drug-likeness (QED) is 0.614. The smallest absolute Gasteiger partial charge is 0.127 e. The number of hydrogen-bond acceptors (Lipinski definition) is 0. The van der Waals surface area contributed by atoms with Crippen LogP contribution in [0.1, 0.15) is 55.5 Å². The van der Waals surface area contributed by atoms with Gasteiger partial charge in [-0.25, -0.2) is 4.39 Å². The highest BCUT2D eigenvalue weighted by Crippen LogP contribution is 2.28. The van der Waals surface area contributed by atoms with Gasteiger partial charge in [-0.1, -0.05) is 75.9 Å². The van der Waals surface area contributed by atoms with Crippen LogP contribution in [0.2, 0.25) is 0 Å². The summed E-state index contributed by atoms with van der Waals surface area (Å²) in [6.07, 6.45) is 2.24. The zero-order valence-corrected chi connectivity index (χ0v) is 14.5. The van der Waals surface area contributed by atoms with Crippen molar-refractivity contribution in [1.82, 2.24) is 0 Å². The average molecular weight is 308 g/mol. The summed E-state index contributed by atoms with van der Waals surface area (Å²) in [6, 6.07) is 11.7. The van der Waals surface area contributed by atoms with Crippen molar-refractivity contribution in [1.29, 1.82) is 0 Å². The first-order valence-corrected chi connectivity index (χ1v) is 7.92. The van der Waals surface area contributed by atoms with Gasteiger partial charge in [-0.05, 0) is 46.2 Å². The SMILES string of the molecule is C=Cc1ccc(Cc2cc(C(=C)C)cc(C(C)(C)C)c2)c(F)c1. The van der Waals surface area contributed by atoms with E-state index < -0.39 is 0 Å². The lowest BCUT2D eigenvalue weighted by molar-refractivity contribution is 0.589. The molecule has 120 valence electrons. The predicted octanol–water partition coefficient (Wildman–Crippen LogP) is 6.39. The van der Waals surface area contributed by atoms with Gasteiger partial charge in [0.25, 0.3) is 0 Å². The summed E-state index contributed by atoms with van der Waals surface area (Å²) in [6.45, 7) is 16.3. The Balaban J connectivity index is 2.45. The predicted molar refractivity (Wildman–Crippen MR) is 99.1 cm³/mol. The fraction of sp³-hybridized carbons (Fsp3) is 0.273. The minimum atomic E-state index is -0.180. The van der Waals surface area contributed by atoms with Crippen molar-refractivity contribution < 1.29 is 4.39 Å². The number of rotatable bonds is 4. The molecule has 0 saturated heterocycles. The molecule has 0 aliphatic heterocycles. The maximum Gasteiger partial charge on any atom is 0.127 e. The van der Waals surface area contributed by atoms with E-state index in [-0.39, 0.29) is 11.2 Å². The molecular formula is C22H25F. The third kappa shape index (κ3) is 4.19. The van der Waals surface area contributed by atoms with Crippen molar-refractivity contribution in [3.63, 3.8) is 0 Å². The van der Waals surface area contributed by atoms with Crippen LogP contribution in [0.4, 0.5) is 4.39 Å². The summed E-state index contributed by atoms with van der Waals surface area (Å²) < 4.78 is 14.3. The normalized spacial score (nSPS) is 11.3. The van der Waals surface area contributed by atoms with E-state index in [1.54, 1.807) is 6.08 Å². The molecular weight excluding hydrogens is 283 g/mol. The van der Waals surface area contributed by atoms with E-state index in [1.807, 2.05) is 19.1 Å². The standard InChI is InChI=1S/C22H25F/c1-7-16-8-9-18(21(23)13-16)10-17-11-19(15(2)3)14-20(12-17)22(4,5)6/h7-9,11-14H,1-2,10H2,3-6H3. The number of hydrogen-bond donors (Lipinski definition) is 0. The van der Waals surface area contributed by atoms with E-state index in [4.69, 9.17) is 0 Å². The third-order valence-corrected chi connectivity index (χ3v) is 4.06. The molecule has 23 heavy (non-hydrogen) atoms. The van der Waals surface area contributed by atoms with E-state index in [2.05, 4.69) is 52.1 Å². The average Bonchev–Trinajstić information content (AvgIpc) is 2.48. The highest BCUT2D eigenvalue weighted by Gasteiger charge is 2.16. The molecule has 0 bridgehead atoms. The van der Waals surface area contributed by atoms with Crippen molar-refractivity contribution >= 4 is 11.6 Å². The van der Waals surface area contributed by atoms with E-state index in [9.17, 15) is 4.39 Å². The van der Waals surface area contributed by atoms with Gasteiger partial charge in [-0.2, -0.15) is 0 Å². The van der Waals surface area contributed by atoms with E-state index in [0.29, 0.717) is 12.0 Å². The van der Waals surface area contributed by atoms with Crippen molar-refractivity contribution in [2.75, 3.05) is 0 Å². The Labute approximate surface area is 139 Å². The molecule has 0 N–H and O–H groups in total. The van der Waals surface area contributed by atoms with Gasteiger partial charge in [0.05, 0.1) is 0 Å². The summed E-state index contributed by atoms with van der Waals surface area (Å²) in [5, 5.41) is 0. The monoisotopic (exact) mass is 308 g/mol. The molecule has 2 aromatic rings. The summed E-state index contributed by atoms with van der Waals surface area (Å²) >= 11 is 0. The Bertz CT molecular complexity index is 745. The second-order valence-electron chi connectivity index (χ2n) is 7.18. The zero-order chi connectivity index (χ0) is 17.2. The van der Waals surface area contributed by atoms with E-state index >= 15 is 0 Å². The molecule has 0 fully saturated rings. The molecule has 0 spiro atoms. The van der Waals surface area contributed by atoms with Gasteiger partial charge in [-0.15, -0.1) is 0 Å². The topological polar surface area (TPSA) is 0 Å². The van der Waals surface area contributed by atoms with Crippen LogP contribution in [0.5, 0.6) is 0 Å². The van der Waals surface area contributed by atoms with Gasteiger partial charge in [0.1, 0.15) is 5.82 Å². The van der Waals surface area contributed by atoms with Crippen LogP contribution in [0, 0.1) is 5.82 Å². The second kappa shape index (κ2) is 6.54. The molecule has 0 aromatic heterocycles. The highest BCUT2D eigenvalue weighted by molar-refractivity contribution is 5.63. The minimum Gasteiger partial charge on any atom is -0.207 e. The van der Waals surface area contributed by atoms with Crippen molar-refractivity contribution in [3.8, 4) is 0 Å². The first kappa shape index (κ1) is 17.2. The summed E-state index contributed by atoms with van der Waals surface area (Å²) in [5.74, 6) is -0.180. The first-order chi connectivity index (χ1) is 10.7. The zero-order valence-electron chi connectivity index (χ0n) is 14.5. The van der Waals surface area contributed by atoms with Crippen molar-refractivity contribution in [2.45, 2.75) is 39.5 Å². The maximum absolute atomic E-state index is 14.3. The molecule has 2 rings (SSSR count). The van der Waals surface area contributed by atoms with Gasteiger partial charge in [0, 0.05) is 6.42 Å². The Kier molecular flexibility index (Phi) is 4.89. The lowest BCUT2D eigenvalue weighted by Crippen LogP contribution is -2.12. The van der Waals surface area contributed by atoms with Gasteiger partial charge in [-0.3, -0.25) is 0 Å². The fourth-order valence-electron chi connectivity index (χ4n) is 2.53. The fourth-order valence-corrected chi connectivity index (χ4v) is 2.53. The van der Waals surface area contributed by atoms with Crippen LogP contribution in [-0.4, -0.2) is 0 Å². The Morgan fingerprint density at radius 3 is 2.35 bits per heavy atom. The Morgan fingerprint density at radius 1 is 1.13 bits per heavy atom. The van der Waals surface area contributed by atoms with Crippen LogP contribution in [0.25, 0.3) is 11.6 Å². The number of halogens is 1. The molecule has 0 atom stereocenters. The molecule has 0 aliphatic carbocycles. The molecule has 0 saturated carbocycles. The number of allylic oxidation sites excluding steroid dienone is 1. The van der Waals surface area contributed by atoms with Crippen LogP contribution >= 0.6 is 0 Å². The van der Waals surface area contributed by atoms with E-state index in [1.165, 1.54) is 11.6 Å². The molecule has 0 unspecified atom stereocenters. The maximum atomic E-state index is 14.3. The third-order valence-electron chi connectivity index (χ3n) is 4.06. The molecule has 0 radical (unpaired) electrons. The van der Waals surface area contributed by atoms with Gasteiger partial charge in [0.15, 0.2) is 0 Å². The molecule has 0 nitrogen and oxygen atoms in total. The van der Waals surface area contributed by atoms with Crippen molar-refractivity contribution in [2.24, 2.45) is 0 Å². The highest BCUT2D eigenvalue weighted by atomic mass is 19.1. The van der Waals surface area contributed by atoms with E-state index in [0.717, 1.165) is 22.3 Å². The van der Waals surface area contributed by atoms with Crippen molar-refractivity contribution in [3.05, 3.63) is 83.2 Å². The lowest BCUT2D eigenvalue weighted by atomic mass is 9.83.